The molecule has 0 spiro atoms. The van der Waals surface area contributed by atoms with Gasteiger partial charge in [-0.25, -0.2) is 9.97 Å². The van der Waals surface area contributed by atoms with Gasteiger partial charge in [-0.05, 0) is 50.0 Å². The summed E-state index contributed by atoms with van der Waals surface area (Å²) >= 11 is 0. The minimum absolute atomic E-state index is 0.491. The number of anilines is 1. The molecule has 6 heteroatoms. The summed E-state index contributed by atoms with van der Waals surface area (Å²) in [5.74, 6) is 1.54. The van der Waals surface area contributed by atoms with E-state index in [0.717, 1.165) is 43.9 Å². The molecule has 1 aliphatic heterocycles. The van der Waals surface area contributed by atoms with Crippen molar-refractivity contribution < 1.29 is 13.2 Å². The van der Waals surface area contributed by atoms with Gasteiger partial charge in [0.25, 0.3) is 0 Å². The lowest BCUT2D eigenvalue weighted by atomic mass is 10.1. The highest BCUT2D eigenvalue weighted by molar-refractivity contribution is 5.69. The monoisotopic (exact) mass is 347 g/mol. The van der Waals surface area contributed by atoms with E-state index in [1.165, 1.54) is 12.5 Å². The Morgan fingerprint density at radius 3 is 2.48 bits per heavy atom. The van der Waals surface area contributed by atoms with Gasteiger partial charge in [0, 0.05) is 19.2 Å². The normalized spacial score (nSPS) is 15.8. The van der Waals surface area contributed by atoms with Crippen LogP contribution in [0.4, 0.5) is 19.0 Å². The minimum Gasteiger partial charge on any atom is -0.356 e. The van der Waals surface area contributed by atoms with E-state index in [9.17, 15) is 13.2 Å². The minimum atomic E-state index is -4.34. The predicted octanol–water partition coefficient (Wildman–Crippen LogP) is 4.96. The average Bonchev–Trinajstić information content (AvgIpc) is 2.60. The lowest BCUT2D eigenvalue weighted by Crippen LogP contribution is -2.30. The van der Waals surface area contributed by atoms with E-state index in [1.807, 2.05) is 13.0 Å². The zero-order chi connectivity index (χ0) is 17.9. The lowest BCUT2D eigenvalue weighted by molar-refractivity contribution is -0.137. The second kappa shape index (κ2) is 7.25. The van der Waals surface area contributed by atoms with Crippen LogP contribution in [-0.2, 0) is 6.18 Å². The van der Waals surface area contributed by atoms with E-state index in [0.29, 0.717) is 17.1 Å². The van der Waals surface area contributed by atoms with Crippen molar-refractivity contribution >= 4 is 18.0 Å². The molecule has 2 heterocycles. The molecule has 1 saturated heterocycles. The molecular weight excluding hydrogens is 327 g/mol. The smallest absolute Gasteiger partial charge is 0.356 e. The van der Waals surface area contributed by atoms with Gasteiger partial charge in [-0.2, -0.15) is 13.2 Å². The number of nitrogens with zero attached hydrogens (tertiary/aromatic N) is 3. The molecule has 0 bridgehead atoms. The van der Waals surface area contributed by atoms with Crippen molar-refractivity contribution in [1.29, 1.82) is 0 Å². The first-order valence-corrected chi connectivity index (χ1v) is 8.38. The fraction of sp³-hybridized carbons (Fsp3) is 0.368. The molecule has 1 aromatic heterocycles. The van der Waals surface area contributed by atoms with Crippen LogP contribution in [0.3, 0.4) is 0 Å². The van der Waals surface area contributed by atoms with Crippen LogP contribution in [0.2, 0.25) is 0 Å². The van der Waals surface area contributed by atoms with Gasteiger partial charge in [0.05, 0.1) is 11.3 Å². The highest BCUT2D eigenvalue weighted by atomic mass is 19.4. The van der Waals surface area contributed by atoms with Crippen LogP contribution < -0.4 is 4.90 Å². The maximum absolute atomic E-state index is 12.8. The molecule has 3 nitrogen and oxygen atoms in total. The molecular formula is C19H20F3N3. The van der Waals surface area contributed by atoms with Crippen molar-refractivity contribution in [3.63, 3.8) is 0 Å². The number of aryl methyl sites for hydroxylation is 1. The summed E-state index contributed by atoms with van der Waals surface area (Å²) in [5.41, 5.74) is 0.540. The Balaban J connectivity index is 1.82. The summed E-state index contributed by atoms with van der Waals surface area (Å²) in [4.78, 5) is 11.1. The molecule has 0 saturated carbocycles. The first-order chi connectivity index (χ1) is 11.9. The van der Waals surface area contributed by atoms with Crippen LogP contribution in [0.25, 0.3) is 12.2 Å². The quantitative estimate of drug-likeness (QED) is 0.785. The van der Waals surface area contributed by atoms with E-state index in [1.54, 1.807) is 18.2 Å². The third-order valence-electron chi connectivity index (χ3n) is 4.18. The van der Waals surface area contributed by atoms with Gasteiger partial charge in [0.2, 0.25) is 0 Å². The summed E-state index contributed by atoms with van der Waals surface area (Å²) in [6.45, 7) is 3.79. The molecule has 0 amide bonds. The number of benzene rings is 1. The third-order valence-corrected chi connectivity index (χ3v) is 4.18. The van der Waals surface area contributed by atoms with Crippen LogP contribution in [-0.4, -0.2) is 23.1 Å². The van der Waals surface area contributed by atoms with E-state index < -0.39 is 11.7 Å². The van der Waals surface area contributed by atoms with Crippen molar-refractivity contribution in [3.8, 4) is 0 Å². The second-order valence-electron chi connectivity index (χ2n) is 6.20. The largest absolute Gasteiger partial charge is 0.416 e. The molecule has 1 aliphatic rings. The van der Waals surface area contributed by atoms with Gasteiger partial charge < -0.3 is 4.90 Å². The SMILES string of the molecule is Cc1nc(C=Cc2cccc(C(F)(F)F)c2)cc(N2CCCCC2)n1. The van der Waals surface area contributed by atoms with Gasteiger partial charge in [-0.15, -0.1) is 0 Å². The van der Waals surface area contributed by atoms with Crippen molar-refractivity contribution in [2.75, 3.05) is 18.0 Å². The number of hydrogen-bond donors (Lipinski definition) is 0. The first kappa shape index (κ1) is 17.5. The Bertz CT molecular complexity index is 763. The number of aromatic nitrogens is 2. The van der Waals surface area contributed by atoms with E-state index in [-0.39, 0.29) is 0 Å². The fourth-order valence-electron chi connectivity index (χ4n) is 2.95. The van der Waals surface area contributed by atoms with Crippen molar-refractivity contribution in [1.82, 2.24) is 9.97 Å². The van der Waals surface area contributed by atoms with E-state index in [2.05, 4.69) is 14.9 Å². The standard InChI is InChI=1S/C19H20F3N3/c1-14-23-17(13-18(24-14)25-10-3-2-4-11-25)9-8-15-6-5-7-16(12-15)19(20,21)22/h5-9,12-13H,2-4,10-11H2,1H3. The van der Waals surface area contributed by atoms with Crippen LogP contribution in [0.15, 0.2) is 30.3 Å². The third kappa shape index (κ3) is 4.59. The van der Waals surface area contributed by atoms with Gasteiger partial charge >= 0.3 is 6.18 Å². The van der Waals surface area contributed by atoms with Crippen molar-refractivity contribution in [2.24, 2.45) is 0 Å². The Hall–Kier alpha value is -2.37. The van der Waals surface area contributed by atoms with Crippen LogP contribution in [0, 0.1) is 6.92 Å². The molecule has 0 atom stereocenters. The number of rotatable bonds is 3. The maximum atomic E-state index is 12.8. The van der Waals surface area contributed by atoms with Crippen molar-refractivity contribution in [3.05, 3.63) is 53.0 Å². The fourth-order valence-corrected chi connectivity index (χ4v) is 2.95. The Labute approximate surface area is 145 Å². The predicted molar refractivity (Wildman–Crippen MR) is 93.2 cm³/mol. The summed E-state index contributed by atoms with van der Waals surface area (Å²) in [6, 6.07) is 7.15. The van der Waals surface area contributed by atoms with E-state index in [4.69, 9.17) is 0 Å². The molecule has 0 unspecified atom stereocenters. The number of hydrogen-bond acceptors (Lipinski definition) is 3. The number of halogens is 3. The van der Waals surface area contributed by atoms with Gasteiger partial charge in [0.15, 0.2) is 0 Å². The van der Waals surface area contributed by atoms with Gasteiger partial charge in [-0.1, -0.05) is 18.2 Å². The van der Waals surface area contributed by atoms with Crippen molar-refractivity contribution in [2.45, 2.75) is 32.4 Å². The lowest BCUT2D eigenvalue weighted by Gasteiger charge is -2.27. The molecule has 25 heavy (non-hydrogen) atoms. The zero-order valence-corrected chi connectivity index (χ0v) is 14.1. The summed E-state index contributed by atoms with van der Waals surface area (Å²) in [5, 5.41) is 0. The summed E-state index contributed by atoms with van der Waals surface area (Å²) in [6.07, 6.45) is 2.59. The van der Waals surface area contributed by atoms with Gasteiger partial charge in [0.1, 0.15) is 11.6 Å². The molecule has 132 valence electrons. The van der Waals surface area contributed by atoms with Crippen LogP contribution in [0.5, 0.6) is 0 Å². The second-order valence-corrected chi connectivity index (χ2v) is 6.20. The van der Waals surface area contributed by atoms with Gasteiger partial charge in [-0.3, -0.25) is 0 Å². The molecule has 1 aromatic carbocycles. The zero-order valence-electron chi connectivity index (χ0n) is 14.1. The Morgan fingerprint density at radius 2 is 1.76 bits per heavy atom. The first-order valence-electron chi connectivity index (χ1n) is 8.38. The summed E-state index contributed by atoms with van der Waals surface area (Å²) < 4.78 is 38.4. The van der Waals surface area contributed by atoms with E-state index >= 15 is 0 Å². The van der Waals surface area contributed by atoms with Crippen LogP contribution in [0.1, 0.15) is 41.9 Å². The molecule has 2 aromatic rings. The topological polar surface area (TPSA) is 29.0 Å². The number of piperidine rings is 1. The Morgan fingerprint density at radius 1 is 1.00 bits per heavy atom. The number of alkyl halides is 3. The molecule has 0 N–H and O–H groups in total. The van der Waals surface area contributed by atoms with Crippen LogP contribution >= 0.6 is 0 Å². The highest BCUT2D eigenvalue weighted by Gasteiger charge is 2.30. The maximum Gasteiger partial charge on any atom is 0.416 e. The highest BCUT2D eigenvalue weighted by Crippen LogP contribution is 2.30. The molecule has 1 fully saturated rings. The summed E-state index contributed by atoms with van der Waals surface area (Å²) in [7, 11) is 0. The Kier molecular flexibility index (Phi) is 5.06. The molecule has 0 aliphatic carbocycles. The molecule has 0 radical (unpaired) electrons. The molecule has 3 rings (SSSR count). The average molecular weight is 347 g/mol.